The minimum absolute atomic E-state index is 0.252. The van der Waals surface area contributed by atoms with Crippen LogP contribution in [0.15, 0.2) is 65.4 Å². The number of allylic oxidation sites excluding steroid dienone is 2. The summed E-state index contributed by atoms with van der Waals surface area (Å²) >= 11 is 0. The van der Waals surface area contributed by atoms with Crippen LogP contribution in [0.5, 0.6) is 0 Å². The van der Waals surface area contributed by atoms with Crippen molar-refractivity contribution in [3.8, 4) is 0 Å². The summed E-state index contributed by atoms with van der Waals surface area (Å²) < 4.78 is 13.6. The van der Waals surface area contributed by atoms with E-state index in [2.05, 4.69) is 15.7 Å². The van der Waals surface area contributed by atoms with E-state index in [-0.39, 0.29) is 12.4 Å². The Hall–Kier alpha value is -3.02. The fourth-order valence-corrected chi connectivity index (χ4v) is 1.73. The number of hydrogen-bond donors (Lipinski definition) is 3. The van der Waals surface area contributed by atoms with Gasteiger partial charge in [-0.3, -0.25) is 15.4 Å². The van der Waals surface area contributed by atoms with Gasteiger partial charge in [0.05, 0.1) is 24.3 Å². The molecule has 1 aromatic carbocycles. The highest BCUT2D eigenvalue weighted by molar-refractivity contribution is 6.07. The largest absolute Gasteiger partial charge is 0.402 e. The van der Waals surface area contributed by atoms with Gasteiger partial charge in [0.15, 0.2) is 0 Å². The summed E-state index contributed by atoms with van der Waals surface area (Å²) in [6, 6.07) is 12.1. The summed E-state index contributed by atoms with van der Waals surface area (Å²) in [4.78, 5) is 8.67. The number of nitrogens with two attached hydrogens (primary N) is 2. The van der Waals surface area contributed by atoms with Crippen molar-refractivity contribution in [2.45, 2.75) is 13.5 Å². The number of hydrogen-bond acceptors (Lipinski definition) is 4. The SMILES string of the molecule is C/C(N)=C/C(=NCc1ccccc1F)c1ccccn1.N=CN. The van der Waals surface area contributed by atoms with Crippen molar-refractivity contribution in [2.24, 2.45) is 16.5 Å². The topological polar surface area (TPSA) is 101 Å². The van der Waals surface area contributed by atoms with Crippen molar-refractivity contribution >= 4 is 12.1 Å². The lowest BCUT2D eigenvalue weighted by atomic mass is 10.2. The zero-order valence-corrected chi connectivity index (χ0v) is 12.9. The molecule has 0 bridgehead atoms. The number of benzene rings is 1. The number of nitrogens with zero attached hydrogens (tertiary/aromatic N) is 2. The Labute approximate surface area is 135 Å². The highest BCUT2D eigenvalue weighted by Crippen LogP contribution is 2.09. The molecule has 0 atom stereocenters. The molecule has 0 unspecified atom stereocenters. The van der Waals surface area contributed by atoms with Crippen LogP contribution in [0.3, 0.4) is 0 Å². The molecule has 2 rings (SSSR count). The summed E-state index contributed by atoms with van der Waals surface area (Å²) in [7, 11) is 0. The average molecular weight is 313 g/mol. The summed E-state index contributed by atoms with van der Waals surface area (Å²) in [6.07, 6.45) is 4.18. The van der Waals surface area contributed by atoms with Crippen LogP contribution in [0, 0.1) is 11.2 Å². The van der Waals surface area contributed by atoms with Crippen LogP contribution in [-0.2, 0) is 6.54 Å². The van der Waals surface area contributed by atoms with Gasteiger partial charge in [-0.05, 0) is 31.2 Å². The molecule has 0 saturated carbocycles. The Morgan fingerprint density at radius 2 is 1.91 bits per heavy atom. The van der Waals surface area contributed by atoms with E-state index in [0.29, 0.717) is 22.7 Å². The lowest BCUT2D eigenvalue weighted by Crippen LogP contribution is -2.05. The quantitative estimate of drug-likeness (QED) is 0.597. The molecule has 1 aromatic heterocycles. The second-order valence-corrected chi connectivity index (χ2v) is 4.56. The first-order valence-corrected chi connectivity index (χ1v) is 6.92. The third-order valence-electron chi connectivity index (χ3n) is 2.67. The molecule has 0 aliphatic heterocycles. The Kier molecular flexibility index (Phi) is 7.71. The zero-order chi connectivity index (χ0) is 17.1. The zero-order valence-electron chi connectivity index (χ0n) is 12.9. The standard InChI is InChI=1S/C16H16FN3.CH4N2/c1-12(18)10-16(15-8-4-5-9-19-15)20-11-13-6-2-3-7-14(13)17;2-1-3/h2-10H,11,18H2,1H3;1H,(H3,2,3)/b12-10-,20-16?;. The predicted molar refractivity (Wildman–Crippen MR) is 91.8 cm³/mol. The van der Waals surface area contributed by atoms with Crippen molar-refractivity contribution in [2.75, 3.05) is 0 Å². The molecule has 120 valence electrons. The van der Waals surface area contributed by atoms with Crippen LogP contribution in [0.4, 0.5) is 4.39 Å². The third kappa shape index (κ3) is 6.52. The van der Waals surface area contributed by atoms with Gasteiger partial charge in [-0.2, -0.15) is 0 Å². The van der Waals surface area contributed by atoms with E-state index < -0.39 is 0 Å². The molecule has 0 amide bonds. The normalized spacial score (nSPS) is 11.4. The van der Waals surface area contributed by atoms with Crippen LogP contribution < -0.4 is 11.5 Å². The average Bonchev–Trinajstić information content (AvgIpc) is 2.54. The fourth-order valence-electron chi connectivity index (χ4n) is 1.73. The van der Waals surface area contributed by atoms with E-state index >= 15 is 0 Å². The third-order valence-corrected chi connectivity index (χ3v) is 2.67. The van der Waals surface area contributed by atoms with Gasteiger partial charge in [0.2, 0.25) is 0 Å². The molecule has 6 heteroatoms. The highest BCUT2D eigenvalue weighted by atomic mass is 19.1. The maximum absolute atomic E-state index is 13.6. The van der Waals surface area contributed by atoms with Gasteiger partial charge in [-0.1, -0.05) is 24.3 Å². The second kappa shape index (κ2) is 9.83. The van der Waals surface area contributed by atoms with Crippen LogP contribution in [0.2, 0.25) is 0 Å². The van der Waals surface area contributed by atoms with E-state index in [1.54, 1.807) is 37.4 Å². The van der Waals surface area contributed by atoms with Crippen LogP contribution in [0.25, 0.3) is 0 Å². The lowest BCUT2D eigenvalue weighted by Gasteiger charge is -2.03. The molecule has 23 heavy (non-hydrogen) atoms. The molecule has 0 radical (unpaired) electrons. The van der Waals surface area contributed by atoms with Crippen molar-refractivity contribution in [1.29, 1.82) is 5.41 Å². The molecule has 0 saturated heterocycles. The number of halogens is 1. The van der Waals surface area contributed by atoms with Gasteiger partial charge in [0, 0.05) is 17.5 Å². The molecule has 2 aromatic rings. The minimum Gasteiger partial charge on any atom is -0.402 e. The Balaban J connectivity index is 0.000000816. The van der Waals surface area contributed by atoms with E-state index in [0.717, 1.165) is 6.34 Å². The molecule has 0 aliphatic carbocycles. The van der Waals surface area contributed by atoms with Gasteiger partial charge in [0.25, 0.3) is 0 Å². The molecule has 0 spiro atoms. The van der Waals surface area contributed by atoms with Gasteiger partial charge >= 0.3 is 0 Å². The van der Waals surface area contributed by atoms with Gasteiger partial charge in [-0.25, -0.2) is 4.39 Å². The first-order chi connectivity index (χ1) is 11.1. The maximum atomic E-state index is 13.6. The van der Waals surface area contributed by atoms with Crippen molar-refractivity contribution in [3.05, 3.63) is 77.5 Å². The van der Waals surface area contributed by atoms with Crippen LogP contribution in [-0.4, -0.2) is 17.0 Å². The van der Waals surface area contributed by atoms with E-state index in [1.807, 2.05) is 18.2 Å². The predicted octanol–water partition coefficient (Wildman–Crippen LogP) is 2.62. The Morgan fingerprint density at radius 1 is 1.26 bits per heavy atom. The Bertz CT molecular complexity index is 676. The second-order valence-electron chi connectivity index (χ2n) is 4.56. The molecule has 5 nitrogen and oxygen atoms in total. The number of pyridine rings is 1. The summed E-state index contributed by atoms with van der Waals surface area (Å²) in [5, 5.41) is 5.86. The molecular formula is C17H20FN5. The molecule has 1 heterocycles. The number of rotatable bonds is 4. The molecular weight excluding hydrogens is 293 g/mol. The Morgan fingerprint density at radius 3 is 2.48 bits per heavy atom. The monoisotopic (exact) mass is 313 g/mol. The van der Waals surface area contributed by atoms with E-state index in [4.69, 9.17) is 11.1 Å². The first-order valence-electron chi connectivity index (χ1n) is 6.92. The van der Waals surface area contributed by atoms with Crippen LogP contribution >= 0.6 is 0 Å². The summed E-state index contributed by atoms with van der Waals surface area (Å²) in [5.41, 5.74) is 12.6. The van der Waals surface area contributed by atoms with Crippen molar-refractivity contribution in [3.63, 3.8) is 0 Å². The minimum atomic E-state index is -0.259. The summed E-state index contributed by atoms with van der Waals surface area (Å²) in [6.45, 7) is 2.03. The molecule has 5 N–H and O–H groups in total. The first kappa shape index (κ1) is 18.0. The van der Waals surface area contributed by atoms with Gasteiger partial charge in [0.1, 0.15) is 5.82 Å². The molecule has 0 aliphatic rings. The van der Waals surface area contributed by atoms with Gasteiger partial charge < -0.3 is 11.5 Å². The smallest absolute Gasteiger partial charge is 0.128 e. The number of aromatic nitrogens is 1. The van der Waals surface area contributed by atoms with Crippen molar-refractivity contribution in [1.82, 2.24) is 4.98 Å². The summed E-state index contributed by atoms with van der Waals surface area (Å²) in [5.74, 6) is -0.259. The molecule has 0 fully saturated rings. The van der Waals surface area contributed by atoms with E-state index in [9.17, 15) is 4.39 Å². The van der Waals surface area contributed by atoms with Gasteiger partial charge in [-0.15, -0.1) is 0 Å². The highest BCUT2D eigenvalue weighted by Gasteiger charge is 2.04. The number of aliphatic imine (C=N–C) groups is 1. The van der Waals surface area contributed by atoms with Crippen molar-refractivity contribution < 1.29 is 4.39 Å². The van der Waals surface area contributed by atoms with Crippen LogP contribution in [0.1, 0.15) is 18.2 Å². The lowest BCUT2D eigenvalue weighted by molar-refractivity contribution is 0.611. The maximum Gasteiger partial charge on any atom is 0.128 e. The fraction of sp³-hybridized carbons (Fsp3) is 0.118. The number of nitrogens with one attached hydrogen (secondary N) is 1. The van der Waals surface area contributed by atoms with E-state index in [1.165, 1.54) is 6.07 Å².